The Labute approximate surface area is 62.4 Å². The number of nitrogens with zero attached hydrogens (tertiary/aromatic N) is 2. The lowest BCUT2D eigenvalue weighted by Gasteiger charge is -1.96. The smallest absolute Gasteiger partial charge is 0.158 e. The maximum Gasteiger partial charge on any atom is 0.158 e. The molecule has 3 nitrogen and oxygen atoms in total. The number of aromatic nitrogens is 3. The van der Waals surface area contributed by atoms with E-state index in [0.29, 0.717) is 5.15 Å². The molecular weight excluding hydrogens is 150 g/mol. The van der Waals surface area contributed by atoms with E-state index < -0.39 is 0 Å². The van der Waals surface area contributed by atoms with E-state index in [1.807, 2.05) is 6.07 Å². The average Bonchev–Trinajstić information content (AvgIpc) is 2.36. The van der Waals surface area contributed by atoms with E-state index in [2.05, 4.69) is 15.0 Å². The normalized spacial score (nSPS) is 10.5. The van der Waals surface area contributed by atoms with Crippen molar-refractivity contribution < 1.29 is 0 Å². The lowest BCUT2D eigenvalue weighted by atomic mass is 10.3. The predicted octanol–water partition coefficient (Wildman–Crippen LogP) is 1.56. The van der Waals surface area contributed by atoms with Crippen molar-refractivity contribution in [3.8, 4) is 11.4 Å². The predicted molar refractivity (Wildman–Crippen MR) is 38.0 cm³/mol. The zero-order valence-electron chi connectivity index (χ0n) is 5.00. The summed E-state index contributed by atoms with van der Waals surface area (Å²) in [5.74, 6) is 0. The van der Waals surface area contributed by atoms with Crippen molar-refractivity contribution in [3.63, 3.8) is 0 Å². The van der Waals surface area contributed by atoms with Crippen molar-refractivity contribution in [1.29, 1.82) is 0 Å². The van der Waals surface area contributed by atoms with E-state index in [9.17, 15) is 0 Å². The van der Waals surface area contributed by atoms with Crippen LogP contribution in [0.4, 0.5) is 0 Å². The van der Waals surface area contributed by atoms with Crippen LogP contribution in [0.1, 0.15) is 0 Å². The van der Waals surface area contributed by atoms with Gasteiger partial charge in [-0.2, -0.15) is 0 Å². The first-order chi connectivity index (χ1) is 4.88. The summed E-state index contributed by atoms with van der Waals surface area (Å²) in [7, 11) is 0. The molecule has 0 aromatic heterocycles. The van der Waals surface area contributed by atoms with Crippen LogP contribution in [0, 0.1) is 0 Å². The van der Waals surface area contributed by atoms with Crippen LogP contribution in [0.2, 0.25) is 5.15 Å². The molecule has 0 bridgehead atoms. The van der Waals surface area contributed by atoms with Gasteiger partial charge in [-0.1, -0.05) is 11.6 Å². The van der Waals surface area contributed by atoms with Crippen LogP contribution in [0.15, 0.2) is 18.6 Å². The fourth-order valence-electron chi connectivity index (χ4n) is 0.835. The fourth-order valence-corrected chi connectivity index (χ4v) is 1.03. The first kappa shape index (κ1) is 5.68. The lowest BCUT2D eigenvalue weighted by Crippen LogP contribution is -1.85. The number of rotatable bonds is 0. The molecule has 2 aliphatic heterocycles. The molecule has 0 unspecified atom stereocenters. The number of H-pyrrole nitrogens is 1. The van der Waals surface area contributed by atoms with Gasteiger partial charge in [0.2, 0.25) is 0 Å². The van der Waals surface area contributed by atoms with Gasteiger partial charge in [-0.05, 0) is 6.07 Å². The van der Waals surface area contributed by atoms with E-state index in [1.165, 1.54) is 0 Å². The molecule has 0 spiro atoms. The van der Waals surface area contributed by atoms with E-state index >= 15 is 0 Å². The van der Waals surface area contributed by atoms with Crippen LogP contribution in [-0.2, 0) is 0 Å². The number of aromatic amines is 1. The van der Waals surface area contributed by atoms with Crippen molar-refractivity contribution in [1.82, 2.24) is 15.0 Å². The van der Waals surface area contributed by atoms with Crippen LogP contribution in [-0.4, -0.2) is 15.0 Å². The molecule has 0 radical (unpaired) electrons. The Morgan fingerprint density at radius 1 is 1.40 bits per heavy atom. The molecule has 10 heavy (non-hydrogen) atoms. The molecule has 0 saturated carbocycles. The third kappa shape index (κ3) is 0.675. The number of fused-ring (bicyclic) bond motifs is 1. The van der Waals surface area contributed by atoms with Crippen molar-refractivity contribution in [3.05, 3.63) is 23.7 Å². The molecule has 0 amide bonds. The van der Waals surface area contributed by atoms with Crippen molar-refractivity contribution in [2.24, 2.45) is 0 Å². The highest BCUT2D eigenvalue weighted by Gasteiger charge is 2.07. The van der Waals surface area contributed by atoms with E-state index in [1.54, 1.807) is 12.5 Å². The number of hydrogen-bond acceptors (Lipinski definition) is 2. The summed E-state index contributed by atoms with van der Waals surface area (Å²) in [5, 5.41) is 0.443. The Morgan fingerprint density at radius 3 is 3.10 bits per heavy atom. The van der Waals surface area contributed by atoms with E-state index in [-0.39, 0.29) is 0 Å². The molecule has 0 fully saturated rings. The molecular formula is C6H4ClN3. The second-order valence-corrected chi connectivity index (χ2v) is 2.26. The Hall–Kier alpha value is -1.09. The Morgan fingerprint density at radius 2 is 2.30 bits per heavy atom. The zero-order chi connectivity index (χ0) is 6.97. The second kappa shape index (κ2) is 1.95. The van der Waals surface area contributed by atoms with Crippen LogP contribution in [0.3, 0.4) is 0 Å². The van der Waals surface area contributed by atoms with Crippen molar-refractivity contribution in [2.45, 2.75) is 0 Å². The topological polar surface area (TPSA) is 41.6 Å². The molecule has 4 heteroatoms. The second-order valence-electron chi connectivity index (χ2n) is 1.90. The molecule has 0 aliphatic carbocycles. The van der Waals surface area contributed by atoms with E-state index in [0.717, 1.165) is 11.4 Å². The lowest BCUT2D eigenvalue weighted by molar-refractivity contribution is 1.15. The van der Waals surface area contributed by atoms with Gasteiger partial charge in [-0.15, -0.1) is 0 Å². The van der Waals surface area contributed by atoms with Crippen LogP contribution < -0.4 is 0 Å². The van der Waals surface area contributed by atoms with Gasteiger partial charge in [-0.25, -0.2) is 4.98 Å². The highest BCUT2D eigenvalue weighted by molar-refractivity contribution is 6.31. The molecule has 50 valence electrons. The van der Waals surface area contributed by atoms with Crippen LogP contribution in [0.25, 0.3) is 11.4 Å². The summed E-state index contributed by atoms with van der Waals surface area (Å²) in [6, 6.07) is 1.85. The molecule has 2 rings (SSSR count). The quantitative estimate of drug-likeness (QED) is 0.584. The minimum Gasteiger partial charge on any atom is -0.344 e. The standard InChI is InChI=1S/C6H4ClN3/c7-6-5-4(1-2-8-5)9-3-10-6/h1-3H,(H,9,10). The fraction of sp³-hybridized carbons (Fsp3) is 0. The highest BCUT2D eigenvalue weighted by Crippen LogP contribution is 2.22. The Balaban J connectivity index is 2.80. The highest BCUT2D eigenvalue weighted by atomic mass is 35.5. The summed E-state index contributed by atoms with van der Waals surface area (Å²) in [5.41, 5.74) is 1.64. The summed E-state index contributed by atoms with van der Waals surface area (Å²) in [4.78, 5) is 10.7. The molecule has 0 aromatic rings. The number of nitrogens with one attached hydrogen (secondary N) is 1. The summed E-state index contributed by atoms with van der Waals surface area (Å²) >= 11 is 5.70. The Bertz CT molecular complexity index is 317. The maximum absolute atomic E-state index is 5.70. The van der Waals surface area contributed by atoms with Gasteiger partial charge in [0.1, 0.15) is 5.69 Å². The SMILES string of the molecule is Clc1nc[nH]c2ccnc1-2. The monoisotopic (exact) mass is 153 g/mol. The molecule has 1 N–H and O–H groups in total. The first-order valence-electron chi connectivity index (χ1n) is 2.81. The zero-order valence-corrected chi connectivity index (χ0v) is 5.76. The molecule has 2 aliphatic rings. The van der Waals surface area contributed by atoms with Gasteiger partial charge in [0.25, 0.3) is 0 Å². The molecule has 0 saturated heterocycles. The van der Waals surface area contributed by atoms with Gasteiger partial charge in [0.05, 0.1) is 12.0 Å². The van der Waals surface area contributed by atoms with E-state index in [4.69, 9.17) is 11.6 Å². The molecule has 0 aromatic carbocycles. The van der Waals surface area contributed by atoms with Gasteiger partial charge in [0, 0.05) is 6.20 Å². The largest absolute Gasteiger partial charge is 0.344 e. The van der Waals surface area contributed by atoms with Gasteiger partial charge in [0.15, 0.2) is 5.15 Å². The molecule has 2 heterocycles. The summed E-state index contributed by atoms with van der Waals surface area (Å²) in [6.07, 6.45) is 3.24. The Kier molecular flexibility index (Phi) is 1.11. The van der Waals surface area contributed by atoms with Crippen LogP contribution >= 0.6 is 11.6 Å². The first-order valence-corrected chi connectivity index (χ1v) is 3.19. The summed E-state index contributed by atoms with van der Waals surface area (Å²) in [6.45, 7) is 0. The maximum atomic E-state index is 5.70. The molecule has 0 atom stereocenters. The van der Waals surface area contributed by atoms with Crippen molar-refractivity contribution >= 4 is 11.6 Å². The summed E-state index contributed by atoms with van der Waals surface area (Å²) < 4.78 is 0. The van der Waals surface area contributed by atoms with Gasteiger partial charge >= 0.3 is 0 Å². The number of hydrogen-bond donors (Lipinski definition) is 1. The minimum atomic E-state index is 0.443. The third-order valence-electron chi connectivity index (χ3n) is 1.29. The van der Waals surface area contributed by atoms with Crippen molar-refractivity contribution in [2.75, 3.05) is 0 Å². The minimum absolute atomic E-state index is 0.443. The average molecular weight is 154 g/mol. The van der Waals surface area contributed by atoms with Gasteiger partial charge in [-0.3, -0.25) is 4.98 Å². The number of halogens is 1. The third-order valence-corrected chi connectivity index (χ3v) is 1.57. The van der Waals surface area contributed by atoms with Gasteiger partial charge < -0.3 is 4.98 Å². The van der Waals surface area contributed by atoms with Crippen LogP contribution in [0.5, 0.6) is 0 Å².